The number of nitrogens with one attached hydrogen (secondary N) is 1. The molecule has 0 atom stereocenters. The third-order valence-electron chi connectivity index (χ3n) is 2.01. The molecule has 0 aliphatic heterocycles. The van der Waals surface area contributed by atoms with Gasteiger partial charge in [0.05, 0.1) is 6.54 Å². The van der Waals surface area contributed by atoms with E-state index in [1.54, 1.807) is 11.9 Å². The molecule has 1 aromatic heterocycles. The number of carbonyl (C=O) groups excluding carboxylic acids is 1. The molecule has 1 N–H and O–H groups in total. The number of hydrogen-bond acceptors (Lipinski definition) is 5. The zero-order chi connectivity index (χ0) is 11.8. The summed E-state index contributed by atoms with van der Waals surface area (Å²) in [7, 11) is 1.90. The number of aromatic nitrogens is 1. The highest BCUT2D eigenvalue weighted by molar-refractivity contribution is 7.97. The van der Waals surface area contributed by atoms with Crippen LogP contribution in [0.2, 0.25) is 0 Å². The summed E-state index contributed by atoms with van der Waals surface area (Å²) in [5, 5.41) is 3.06. The molecule has 0 aliphatic rings. The molecular weight excluding hydrogens is 222 g/mol. The molecule has 0 aliphatic carbocycles. The van der Waals surface area contributed by atoms with Crippen LogP contribution in [0.15, 0.2) is 23.2 Å². The molecule has 1 heterocycles. The van der Waals surface area contributed by atoms with E-state index >= 15 is 0 Å². The Hall–Kier alpha value is -0.910. The molecule has 0 radical (unpaired) electrons. The minimum absolute atomic E-state index is 0.431. The lowest BCUT2D eigenvalue weighted by molar-refractivity contribution is -0.107. The van der Waals surface area contributed by atoms with Crippen LogP contribution in [0.1, 0.15) is 5.69 Å². The van der Waals surface area contributed by atoms with E-state index in [4.69, 9.17) is 0 Å². The van der Waals surface area contributed by atoms with E-state index in [1.165, 1.54) is 0 Å². The van der Waals surface area contributed by atoms with E-state index < -0.39 is 0 Å². The number of aldehydes is 1. The zero-order valence-corrected chi connectivity index (χ0v) is 10.5. The lowest BCUT2D eigenvalue weighted by atomic mass is 10.4. The van der Waals surface area contributed by atoms with Gasteiger partial charge in [-0.05, 0) is 38.1 Å². The van der Waals surface area contributed by atoms with Gasteiger partial charge in [0.2, 0.25) is 0 Å². The highest BCUT2D eigenvalue weighted by atomic mass is 32.2. The first-order valence-corrected chi connectivity index (χ1v) is 5.97. The maximum Gasteiger partial charge on any atom is 0.134 e. The second-order valence-electron chi connectivity index (χ2n) is 3.38. The third-order valence-corrected chi connectivity index (χ3v) is 3.05. The molecule has 5 heteroatoms. The third kappa shape index (κ3) is 4.74. The largest absolute Gasteiger partial charge is 0.318 e. The number of pyridine rings is 1. The van der Waals surface area contributed by atoms with E-state index in [0.29, 0.717) is 6.54 Å². The fraction of sp³-hybridized carbons (Fsp3) is 0.455. The number of hydrogen-bond donors (Lipinski definition) is 1. The van der Waals surface area contributed by atoms with Crippen molar-refractivity contribution in [2.24, 2.45) is 0 Å². The molecule has 0 bridgehead atoms. The van der Waals surface area contributed by atoms with Gasteiger partial charge in [0.1, 0.15) is 6.29 Å². The van der Waals surface area contributed by atoms with Gasteiger partial charge in [0, 0.05) is 29.9 Å². The number of aryl methyl sites for hydroxylation is 1. The van der Waals surface area contributed by atoms with E-state index in [1.807, 2.05) is 36.6 Å². The minimum Gasteiger partial charge on any atom is -0.318 e. The van der Waals surface area contributed by atoms with Crippen LogP contribution in [0.4, 0.5) is 0 Å². The molecule has 0 spiro atoms. The van der Waals surface area contributed by atoms with Gasteiger partial charge in [-0.3, -0.25) is 4.98 Å². The van der Waals surface area contributed by atoms with Crippen LogP contribution < -0.4 is 5.32 Å². The predicted molar refractivity (Wildman–Crippen MR) is 66.4 cm³/mol. The lowest BCUT2D eigenvalue weighted by Gasteiger charge is -2.17. The Morgan fingerprint density at radius 1 is 1.56 bits per heavy atom. The van der Waals surface area contributed by atoms with Crippen LogP contribution in [0.3, 0.4) is 0 Å². The SMILES string of the molecule is CNCCN(CC=O)Sc1ccc(C)nc1. The van der Waals surface area contributed by atoms with E-state index in [2.05, 4.69) is 10.3 Å². The summed E-state index contributed by atoms with van der Waals surface area (Å²) >= 11 is 1.56. The number of nitrogens with zero attached hydrogens (tertiary/aromatic N) is 2. The summed E-state index contributed by atoms with van der Waals surface area (Å²) in [6, 6.07) is 3.99. The zero-order valence-electron chi connectivity index (χ0n) is 9.64. The van der Waals surface area contributed by atoms with Crippen molar-refractivity contribution in [1.29, 1.82) is 0 Å². The van der Waals surface area contributed by atoms with Crippen molar-refractivity contribution in [3.05, 3.63) is 24.0 Å². The smallest absolute Gasteiger partial charge is 0.134 e. The second kappa shape index (κ2) is 7.38. The lowest BCUT2D eigenvalue weighted by Crippen LogP contribution is -2.26. The van der Waals surface area contributed by atoms with Crippen molar-refractivity contribution in [1.82, 2.24) is 14.6 Å². The van der Waals surface area contributed by atoms with Crippen molar-refractivity contribution in [2.75, 3.05) is 26.7 Å². The van der Waals surface area contributed by atoms with Gasteiger partial charge in [0.15, 0.2) is 0 Å². The van der Waals surface area contributed by atoms with Gasteiger partial charge in [-0.15, -0.1) is 0 Å². The molecule has 0 fully saturated rings. The summed E-state index contributed by atoms with van der Waals surface area (Å²) in [5.74, 6) is 0. The van der Waals surface area contributed by atoms with Gasteiger partial charge in [0.25, 0.3) is 0 Å². The van der Waals surface area contributed by atoms with Gasteiger partial charge >= 0.3 is 0 Å². The molecule has 0 saturated carbocycles. The number of likely N-dealkylation sites (N-methyl/N-ethyl adjacent to an activating group) is 1. The second-order valence-corrected chi connectivity index (χ2v) is 4.56. The maximum atomic E-state index is 10.5. The molecular formula is C11H17N3OS. The standard InChI is InChI=1S/C11H17N3OS/c1-10-3-4-11(9-13-10)16-14(7-8-15)6-5-12-2/h3-4,8-9,12H,5-7H2,1-2H3. The Morgan fingerprint density at radius 3 is 2.94 bits per heavy atom. The Kier molecular flexibility index (Phi) is 6.07. The summed E-state index contributed by atoms with van der Waals surface area (Å²) in [6.45, 7) is 4.08. The summed E-state index contributed by atoms with van der Waals surface area (Å²) < 4.78 is 2.01. The van der Waals surface area contributed by atoms with Crippen LogP contribution in [0.25, 0.3) is 0 Å². The molecule has 0 amide bonds. The molecule has 0 unspecified atom stereocenters. The van der Waals surface area contributed by atoms with Crippen LogP contribution in [0, 0.1) is 6.92 Å². The van der Waals surface area contributed by atoms with Crippen LogP contribution in [-0.4, -0.2) is 42.3 Å². The van der Waals surface area contributed by atoms with E-state index in [9.17, 15) is 4.79 Å². The van der Waals surface area contributed by atoms with Crippen molar-refractivity contribution < 1.29 is 4.79 Å². The van der Waals surface area contributed by atoms with Crippen LogP contribution in [-0.2, 0) is 4.79 Å². The highest BCUT2D eigenvalue weighted by Gasteiger charge is 2.05. The Morgan fingerprint density at radius 2 is 2.38 bits per heavy atom. The minimum atomic E-state index is 0.431. The summed E-state index contributed by atoms with van der Waals surface area (Å²) in [4.78, 5) is 15.8. The van der Waals surface area contributed by atoms with E-state index in [0.717, 1.165) is 30.0 Å². The fourth-order valence-corrected chi connectivity index (χ4v) is 2.00. The van der Waals surface area contributed by atoms with Crippen molar-refractivity contribution in [3.8, 4) is 0 Å². The highest BCUT2D eigenvalue weighted by Crippen LogP contribution is 2.20. The molecule has 1 rings (SSSR count). The topological polar surface area (TPSA) is 45.2 Å². The average molecular weight is 239 g/mol. The maximum absolute atomic E-state index is 10.5. The molecule has 16 heavy (non-hydrogen) atoms. The average Bonchev–Trinajstić information content (AvgIpc) is 2.29. The monoisotopic (exact) mass is 239 g/mol. The Labute approximate surface area is 101 Å². The number of rotatable bonds is 7. The van der Waals surface area contributed by atoms with Gasteiger partial charge in [-0.2, -0.15) is 0 Å². The molecule has 88 valence electrons. The summed E-state index contributed by atoms with van der Waals surface area (Å²) in [6.07, 6.45) is 2.75. The first-order valence-electron chi connectivity index (χ1n) is 5.20. The Bertz CT molecular complexity index is 316. The molecule has 0 aromatic carbocycles. The van der Waals surface area contributed by atoms with Crippen molar-refractivity contribution >= 4 is 18.2 Å². The van der Waals surface area contributed by atoms with Crippen LogP contribution >= 0.6 is 11.9 Å². The van der Waals surface area contributed by atoms with E-state index in [-0.39, 0.29) is 0 Å². The number of carbonyl (C=O) groups is 1. The quantitative estimate of drug-likeness (QED) is 0.570. The normalized spacial score (nSPS) is 10.7. The fourth-order valence-electron chi connectivity index (χ4n) is 1.15. The predicted octanol–water partition coefficient (Wildman–Crippen LogP) is 1.12. The van der Waals surface area contributed by atoms with Gasteiger partial charge in [-0.1, -0.05) is 0 Å². The first-order chi connectivity index (χ1) is 7.76. The van der Waals surface area contributed by atoms with Crippen LogP contribution in [0.5, 0.6) is 0 Å². The van der Waals surface area contributed by atoms with Gasteiger partial charge < -0.3 is 10.1 Å². The summed E-state index contributed by atoms with van der Waals surface area (Å²) in [5.41, 5.74) is 1.00. The van der Waals surface area contributed by atoms with Crippen molar-refractivity contribution in [3.63, 3.8) is 0 Å². The molecule has 0 saturated heterocycles. The van der Waals surface area contributed by atoms with Gasteiger partial charge in [-0.25, -0.2) is 4.31 Å². The molecule has 4 nitrogen and oxygen atoms in total. The van der Waals surface area contributed by atoms with Crippen molar-refractivity contribution in [2.45, 2.75) is 11.8 Å². The Balaban J connectivity index is 2.52. The first kappa shape index (κ1) is 13.2. The molecule has 1 aromatic rings.